The maximum atomic E-state index is 9.82. The highest BCUT2D eigenvalue weighted by molar-refractivity contribution is 5.90. The van der Waals surface area contributed by atoms with Gasteiger partial charge in [-0.05, 0) is 13.8 Å². The van der Waals surface area contributed by atoms with Crippen LogP contribution in [0.3, 0.4) is 0 Å². The van der Waals surface area contributed by atoms with E-state index in [4.69, 9.17) is 10.5 Å². The van der Waals surface area contributed by atoms with Gasteiger partial charge in [-0.2, -0.15) is 0 Å². The Balaban J connectivity index is 0. The van der Waals surface area contributed by atoms with Crippen LogP contribution in [0.4, 0.5) is 0 Å². The molecule has 0 unspecified atom stereocenters. The van der Waals surface area contributed by atoms with Crippen molar-refractivity contribution >= 4 is 12.2 Å². The van der Waals surface area contributed by atoms with Gasteiger partial charge in [0, 0.05) is 5.57 Å². The lowest BCUT2D eigenvalue weighted by Crippen LogP contribution is -2.10. The first-order chi connectivity index (χ1) is 4.06. The smallest absolute Gasteiger partial charge is 0.243 e. The second kappa shape index (κ2) is 6.88. The summed E-state index contributed by atoms with van der Waals surface area (Å²) in [6.07, 6.45) is 0.750. The summed E-state index contributed by atoms with van der Waals surface area (Å²) in [5.41, 5.74) is 5.09. The Bertz CT molecular complexity index is 106. The van der Waals surface area contributed by atoms with E-state index < -0.39 is 5.91 Å². The zero-order chi connectivity index (χ0) is 7.86. The monoisotopic (exact) mass is 129 g/mol. The minimum Gasteiger partial charge on any atom is -0.366 e. The molecule has 3 nitrogen and oxygen atoms in total. The van der Waals surface area contributed by atoms with Crippen LogP contribution in [0.15, 0.2) is 12.2 Å². The number of aldehydes is 1. The number of rotatable bonds is 1. The average molecular weight is 129 g/mol. The summed E-state index contributed by atoms with van der Waals surface area (Å²) in [5, 5.41) is 0. The molecular formula is C6H11NO2. The van der Waals surface area contributed by atoms with E-state index >= 15 is 0 Å². The summed E-state index contributed by atoms with van der Waals surface area (Å²) in [4.78, 5) is 18.6. The molecule has 0 fully saturated rings. The van der Waals surface area contributed by atoms with Gasteiger partial charge in [-0.15, -0.1) is 0 Å². The van der Waals surface area contributed by atoms with E-state index in [1.807, 2.05) is 0 Å². The highest BCUT2D eigenvalue weighted by Crippen LogP contribution is 1.78. The fourth-order valence-electron chi connectivity index (χ4n) is 0. The number of carbonyl (C=O) groups is 2. The number of amides is 1. The molecule has 0 rings (SSSR count). The first-order valence-electron chi connectivity index (χ1n) is 2.41. The van der Waals surface area contributed by atoms with Crippen LogP contribution in [-0.2, 0) is 9.59 Å². The van der Waals surface area contributed by atoms with Crippen LogP contribution in [0.5, 0.6) is 0 Å². The third kappa shape index (κ3) is 19.8. The molecule has 0 radical (unpaired) electrons. The van der Waals surface area contributed by atoms with Crippen molar-refractivity contribution in [3.8, 4) is 0 Å². The van der Waals surface area contributed by atoms with Crippen LogP contribution in [0.25, 0.3) is 0 Å². The molecule has 52 valence electrons. The minimum atomic E-state index is -0.435. The minimum absolute atomic E-state index is 0.398. The Kier molecular flexibility index (Phi) is 8.25. The van der Waals surface area contributed by atoms with E-state index in [2.05, 4.69) is 6.58 Å². The lowest BCUT2D eigenvalue weighted by molar-refractivity contribution is -0.114. The van der Waals surface area contributed by atoms with Gasteiger partial charge in [0.1, 0.15) is 6.29 Å². The van der Waals surface area contributed by atoms with Gasteiger partial charge in [0.15, 0.2) is 0 Å². The van der Waals surface area contributed by atoms with Crippen LogP contribution >= 0.6 is 0 Å². The molecule has 0 heterocycles. The summed E-state index contributed by atoms with van der Waals surface area (Å²) in [7, 11) is 0. The predicted octanol–water partition coefficient (Wildman–Crippen LogP) is 0.253. The Labute approximate surface area is 54.5 Å². The Hall–Kier alpha value is -1.12. The van der Waals surface area contributed by atoms with Gasteiger partial charge in [-0.3, -0.25) is 4.79 Å². The van der Waals surface area contributed by atoms with Gasteiger partial charge in [0.2, 0.25) is 5.91 Å². The standard InChI is InChI=1S/C4H7NO.C2H4O/c1-3(2)4(5)6;1-2-3/h1H2,2H3,(H2,5,6);2H,1H3. The molecule has 0 saturated carbocycles. The van der Waals surface area contributed by atoms with Crippen LogP contribution in [0.1, 0.15) is 13.8 Å². The molecule has 0 aromatic rings. The maximum Gasteiger partial charge on any atom is 0.243 e. The number of nitrogens with two attached hydrogens (primary N) is 1. The third-order valence-electron chi connectivity index (χ3n) is 0.421. The van der Waals surface area contributed by atoms with E-state index in [0.717, 1.165) is 6.29 Å². The molecule has 9 heavy (non-hydrogen) atoms. The number of primary amides is 1. The molecule has 0 aliphatic rings. The fraction of sp³-hybridized carbons (Fsp3) is 0.333. The Morgan fingerprint density at radius 3 is 1.78 bits per heavy atom. The molecular weight excluding hydrogens is 118 g/mol. The van der Waals surface area contributed by atoms with Gasteiger partial charge in [-0.1, -0.05) is 6.58 Å². The second-order valence-electron chi connectivity index (χ2n) is 1.38. The number of hydrogen-bond acceptors (Lipinski definition) is 2. The molecule has 0 atom stereocenters. The second-order valence-corrected chi connectivity index (χ2v) is 1.38. The van der Waals surface area contributed by atoms with Crippen molar-refractivity contribution in [3.63, 3.8) is 0 Å². The van der Waals surface area contributed by atoms with Crippen LogP contribution in [-0.4, -0.2) is 12.2 Å². The highest BCUT2D eigenvalue weighted by atomic mass is 16.1. The van der Waals surface area contributed by atoms with Gasteiger partial charge in [0.25, 0.3) is 0 Å². The number of hydrogen-bond donors (Lipinski definition) is 1. The van der Waals surface area contributed by atoms with Crippen molar-refractivity contribution < 1.29 is 9.59 Å². The molecule has 0 spiro atoms. The maximum absolute atomic E-state index is 9.82. The van der Waals surface area contributed by atoms with E-state index in [0.29, 0.717) is 5.57 Å². The van der Waals surface area contributed by atoms with Crippen molar-refractivity contribution in [2.45, 2.75) is 13.8 Å². The molecule has 0 aromatic carbocycles. The summed E-state index contributed by atoms with van der Waals surface area (Å²) in [6, 6.07) is 0. The van der Waals surface area contributed by atoms with Crippen molar-refractivity contribution in [2.75, 3.05) is 0 Å². The lowest BCUT2D eigenvalue weighted by Gasteiger charge is -1.81. The van der Waals surface area contributed by atoms with Gasteiger partial charge >= 0.3 is 0 Å². The zero-order valence-electron chi connectivity index (χ0n) is 5.68. The lowest BCUT2D eigenvalue weighted by atomic mass is 10.3. The summed E-state index contributed by atoms with van der Waals surface area (Å²) in [6.45, 7) is 6.30. The van der Waals surface area contributed by atoms with Crippen molar-refractivity contribution in [1.29, 1.82) is 0 Å². The quantitative estimate of drug-likeness (QED) is 0.407. The molecule has 0 saturated heterocycles. The number of carbonyl (C=O) groups excluding carboxylic acids is 2. The third-order valence-corrected chi connectivity index (χ3v) is 0.421. The molecule has 3 heteroatoms. The van der Waals surface area contributed by atoms with Crippen molar-refractivity contribution in [2.24, 2.45) is 5.73 Å². The average Bonchev–Trinajstić information content (AvgIpc) is 1.68. The van der Waals surface area contributed by atoms with Crippen LogP contribution in [0.2, 0.25) is 0 Å². The molecule has 0 aliphatic heterocycles. The van der Waals surface area contributed by atoms with E-state index in [-0.39, 0.29) is 0 Å². The van der Waals surface area contributed by atoms with Gasteiger partial charge in [-0.25, -0.2) is 0 Å². The molecule has 0 aliphatic carbocycles. The molecule has 0 bridgehead atoms. The first kappa shape index (κ1) is 10.8. The molecule has 2 N–H and O–H groups in total. The normalized spacial score (nSPS) is 6.44. The van der Waals surface area contributed by atoms with E-state index in [9.17, 15) is 4.79 Å². The van der Waals surface area contributed by atoms with Crippen molar-refractivity contribution in [3.05, 3.63) is 12.2 Å². The largest absolute Gasteiger partial charge is 0.366 e. The van der Waals surface area contributed by atoms with E-state index in [1.54, 1.807) is 6.92 Å². The van der Waals surface area contributed by atoms with E-state index in [1.165, 1.54) is 6.92 Å². The van der Waals surface area contributed by atoms with Crippen molar-refractivity contribution in [1.82, 2.24) is 0 Å². The Morgan fingerprint density at radius 1 is 1.67 bits per heavy atom. The van der Waals surface area contributed by atoms with Gasteiger partial charge in [0.05, 0.1) is 0 Å². The predicted molar refractivity (Wildman–Crippen MR) is 35.7 cm³/mol. The molecule has 0 aromatic heterocycles. The van der Waals surface area contributed by atoms with Crippen LogP contribution < -0.4 is 5.73 Å². The Morgan fingerprint density at radius 2 is 1.78 bits per heavy atom. The zero-order valence-corrected chi connectivity index (χ0v) is 5.68. The fourth-order valence-corrected chi connectivity index (χ4v) is 0. The van der Waals surface area contributed by atoms with Crippen LogP contribution in [0, 0.1) is 0 Å². The molecule has 1 amide bonds. The topological polar surface area (TPSA) is 60.2 Å². The summed E-state index contributed by atoms with van der Waals surface area (Å²) >= 11 is 0. The van der Waals surface area contributed by atoms with Gasteiger partial charge < -0.3 is 10.5 Å². The highest BCUT2D eigenvalue weighted by Gasteiger charge is 1.86. The summed E-state index contributed by atoms with van der Waals surface area (Å²) < 4.78 is 0. The summed E-state index contributed by atoms with van der Waals surface area (Å²) in [5.74, 6) is -0.435. The SMILES string of the molecule is C=C(C)C(N)=O.CC=O. The first-order valence-corrected chi connectivity index (χ1v) is 2.41.